The van der Waals surface area contributed by atoms with Crippen molar-refractivity contribution in [1.29, 1.82) is 0 Å². The maximum absolute atomic E-state index is 10.6. The summed E-state index contributed by atoms with van der Waals surface area (Å²) >= 11 is 0. The van der Waals surface area contributed by atoms with Gasteiger partial charge in [-0.1, -0.05) is 12.1 Å². The van der Waals surface area contributed by atoms with Gasteiger partial charge in [0.25, 0.3) is 0 Å². The topological polar surface area (TPSA) is 132 Å². The fraction of sp³-hybridized carbons (Fsp3) is 0.286. The van der Waals surface area contributed by atoms with Crippen molar-refractivity contribution in [2.75, 3.05) is 6.79 Å². The first kappa shape index (κ1) is 32.8. The third-order valence-corrected chi connectivity index (χ3v) is 6.44. The summed E-state index contributed by atoms with van der Waals surface area (Å²) in [5.74, 6) is -3.86. The molecule has 1 aromatic carbocycles. The fourth-order valence-corrected chi connectivity index (χ4v) is 4.44. The second-order valence-electron chi connectivity index (χ2n) is 9.75. The standard InChI is InChI=1S/C24H23N5O2.2C2HF3O2/c1-27-9-7-20-21(27)15-28(11-17-5-6-22-23(10-17)31-16-30-22)12-18-13-29(26-24(18)20)14-19-4-2-3-8-25-19;2*3-2(4,5)1(6)7/h2-10,13H,11-12,14-16H2,1H3;2*(H,6,7). The Bertz CT molecular complexity index is 1630. The molecule has 0 aliphatic carbocycles. The number of hydrogen-bond acceptors (Lipinski definition) is 7. The van der Waals surface area contributed by atoms with Crippen molar-refractivity contribution in [2.24, 2.45) is 7.05 Å². The number of pyridine rings is 1. The van der Waals surface area contributed by atoms with Gasteiger partial charge in [0.15, 0.2) is 11.5 Å². The molecule has 2 N–H and O–H groups in total. The van der Waals surface area contributed by atoms with E-state index in [2.05, 4.69) is 52.1 Å². The van der Waals surface area contributed by atoms with Gasteiger partial charge in [0, 0.05) is 62.1 Å². The van der Waals surface area contributed by atoms with Crippen LogP contribution < -0.4 is 9.47 Å². The Morgan fingerprint density at radius 1 is 0.911 bits per heavy atom. The average Bonchev–Trinajstić information content (AvgIpc) is 3.65. The Morgan fingerprint density at radius 2 is 1.58 bits per heavy atom. The zero-order valence-electron chi connectivity index (χ0n) is 23.3. The second-order valence-corrected chi connectivity index (χ2v) is 9.75. The van der Waals surface area contributed by atoms with E-state index < -0.39 is 24.3 Å². The lowest BCUT2D eigenvalue weighted by Gasteiger charge is -2.21. The normalized spacial score (nSPS) is 13.8. The van der Waals surface area contributed by atoms with Gasteiger partial charge in [-0.05, 0) is 35.9 Å². The number of hydrogen-bond donors (Lipinski definition) is 2. The van der Waals surface area contributed by atoms with E-state index in [0.29, 0.717) is 13.3 Å². The number of aliphatic carboxylic acids is 2. The van der Waals surface area contributed by atoms with E-state index in [-0.39, 0.29) is 0 Å². The molecule has 6 rings (SSSR count). The highest BCUT2D eigenvalue weighted by atomic mass is 19.4. The Labute approximate surface area is 250 Å². The number of alkyl halides is 6. The van der Waals surface area contributed by atoms with Gasteiger partial charge in [0.05, 0.1) is 17.9 Å². The summed E-state index contributed by atoms with van der Waals surface area (Å²) in [7, 11) is 2.10. The zero-order valence-corrected chi connectivity index (χ0v) is 23.3. The van der Waals surface area contributed by atoms with Crippen LogP contribution in [0.2, 0.25) is 0 Å². The van der Waals surface area contributed by atoms with E-state index in [4.69, 9.17) is 34.4 Å². The van der Waals surface area contributed by atoms with Gasteiger partial charge < -0.3 is 24.3 Å². The summed E-state index contributed by atoms with van der Waals surface area (Å²) in [6, 6.07) is 14.4. The first-order valence-electron chi connectivity index (χ1n) is 12.9. The molecule has 2 aliphatic heterocycles. The van der Waals surface area contributed by atoms with Crippen LogP contribution in [-0.4, -0.2) is 65.5 Å². The van der Waals surface area contributed by atoms with E-state index in [1.54, 1.807) is 0 Å². The number of ether oxygens (including phenoxy) is 2. The van der Waals surface area contributed by atoms with Crippen LogP contribution in [0.15, 0.2) is 61.1 Å². The first-order chi connectivity index (χ1) is 21.1. The molecular formula is C28H25F6N5O6. The highest BCUT2D eigenvalue weighted by Crippen LogP contribution is 2.35. The van der Waals surface area contributed by atoms with E-state index in [9.17, 15) is 26.3 Å². The van der Waals surface area contributed by atoms with Crippen LogP contribution in [0.25, 0.3) is 11.3 Å². The molecule has 0 amide bonds. The van der Waals surface area contributed by atoms with Gasteiger partial charge in [-0.3, -0.25) is 14.6 Å². The van der Waals surface area contributed by atoms with Crippen molar-refractivity contribution in [3.05, 3.63) is 83.6 Å². The molecule has 0 spiro atoms. The largest absolute Gasteiger partial charge is 0.490 e. The molecule has 0 atom stereocenters. The van der Waals surface area contributed by atoms with Crippen LogP contribution in [0, 0.1) is 0 Å². The van der Waals surface area contributed by atoms with Crippen molar-refractivity contribution < 1.29 is 55.6 Å². The Hall–Kier alpha value is -5.06. The monoisotopic (exact) mass is 641 g/mol. The molecule has 45 heavy (non-hydrogen) atoms. The Morgan fingerprint density at radius 3 is 2.20 bits per heavy atom. The van der Waals surface area contributed by atoms with Crippen molar-refractivity contribution in [3.8, 4) is 22.8 Å². The lowest BCUT2D eigenvalue weighted by molar-refractivity contribution is -0.193. The number of aromatic nitrogens is 4. The number of halogens is 6. The van der Waals surface area contributed by atoms with Crippen molar-refractivity contribution in [2.45, 2.75) is 38.5 Å². The molecule has 0 bridgehead atoms. The second kappa shape index (κ2) is 13.3. The van der Waals surface area contributed by atoms with E-state index in [1.165, 1.54) is 22.4 Å². The summed E-state index contributed by atoms with van der Waals surface area (Å²) in [5, 5.41) is 19.2. The maximum atomic E-state index is 10.6. The summed E-state index contributed by atoms with van der Waals surface area (Å²) in [6.45, 7) is 3.49. The van der Waals surface area contributed by atoms with E-state index in [1.807, 2.05) is 35.1 Å². The van der Waals surface area contributed by atoms with Crippen molar-refractivity contribution in [1.82, 2.24) is 24.2 Å². The van der Waals surface area contributed by atoms with Crippen LogP contribution in [0.4, 0.5) is 26.3 Å². The summed E-state index contributed by atoms with van der Waals surface area (Å²) < 4.78 is 78.7. The summed E-state index contributed by atoms with van der Waals surface area (Å²) in [5.41, 5.74) is 7.02. The first-order valence-corrected chi connectivity index (χ1v) is 12.9. The predicted octanol–water partition coefficient (Wildman–Crippen LogP) is 4.84. The molecule has 3 aromatic heterocycles. The number of aryl methyl sites for hydroxylation is 1. The smallest absolute Gasteiger partial charge is 0.475 e. The minimum Gasteiger partial charge on any atom is -0.475 e. The van der Waals surface area contributed by atoms with Crippen LogP contribution in [-0.2, 0) is 42.8 Å². The molecule has 0 saturated carbocycles. The van der Waals surface area contributed by atoms with Gasteiger partial charge in [-0.2, -0.15) is 31.4 Å². The molecule has 0 fully saturated rings. The lowest BCUT2D eigenvalue weighted by atomic mass is 10.1. The zero-order chi connectivity index (χ0) is 32.9. The third-order valence-electron chi connectivity index (χ3n) is 6.44. The molecule has 0 radical (unpaired) electrons. The lowest BCUT2D eigenvalue weighted by Crippen LogP contribution is -2.22. The number of carboxylic acids is 2. The Kier molecular flexibility index (Phi) is 9.70. The van der Waals surface area contributed by atoms with Crippen LogP contribution in [0.1, 0.15) is 22.5 Å². The fourth-order valence-electron chi connectivity index (χ4n) is 4.44. The molecule has 11 nitrogen and oxygen atoms in total. The maximum Gasteiger partial charge on any atom is 0.490 e. The van der Waals surface area contributed by atoms with Crippen LogP contribution in [0.3, 0.4) is 0 Å². The van der Waals surface area contributed by atoms with Gasteiger partial charge in [0.1, 0.15) is 0 Å². The number of rotatable bonds is 4. The van der Waals surface area contributed by atoms with Crippen LogP contribution in [0.5, 0.6) is 11.5 Å². The average molecular weight is 642 g/mol. The van der Waals surface area contributed by atoms with E-state index >= 15 is 0 Å². The number of nitrogens with zero attached hydrogens (tertiary/aromatic N) is 5. The molecule has 0 saturated heterocycles. The Balaban J connectivity index is 0.000000277. The molecule has 5 heterocycles. The number of benzene rings is 1. The molecule has 17 heteroatoms. The highest BCUT2D eigenvalue weighted by molar-refractivity contribution is 5.73. The van der Waals surface area contributed by atoms with E-state index in [0.717, 1.165) is 42.5 Å². The van der Waals surface area contributed by atoms with Gasteiger partial charge in [0.2, 0.25) is 6.79 Å². The van der Waals surface area contributed by atoms with Crippen LogP contribution >= 0.6 is 0 Å². The molecule has 0 unspecified atom stereocenters. The molecule has 240 valence electrons. The molecule has 4 aromatic rings. The van der Waals surface area contributed by atoms with Crippen molar-refractivity contribution >= 4 is 11.9 Å². The molecule has 2 aliphatic rings. The minimum atomic E-state index is -5.08. The van der Waals surface area contributed by atoms with Gasteiger partial charge in [-0.15, -0.1) is 0 Å². The number of fused-ring (bicyclic) bond motifs is 4. The number of carboxylic acid groups (broad SMARTS) is 2. The quantitative estimate of drug-likeness (QED) is 0.301. The summed E-state index contributed by atoms with van der Waals surface area (Å²) in [4.78, 5) is 24.7. The predicted molar refractivity (Wildman–Crippen MR) is 143 cm³/mol. The third kappa shape index (κ3) is 8.53. The summed E-state index contributed by atoms with van der Waals surface area (Å²) in [6.07, 6.45) is -4.05. The van der Waals surface area contributed by atoms with Gasteiger partial charge in [-0.25, -0.2) is 9.59 Å². The molecular weight excluding hydrogens is 616 g/mol. The van der Waals surface area contributed by atoms with Crippen molar-refractivity contribution in [3.63, 3.8) is 0 Å². The SMILES string of the molecule is Cn1ccc2c1CN(Cc1ccc3c(c1)OCO3)Cc1cn(Cc3ccccn3)nc1-2.O=C(O)C(F)(F)F.O=C(O)C(F)(F)F. The minimum absolute atomic E-state index is 0.300. The van der Waals surface area contributed by atoms with Gasteiger partial charge >= 0.3 is 24.3 Å². The highest BCUT2D eigenvalue weighted by Gasteiger charge is 2.39. The number of carbonyl (C=O) groups is 2.